The molecule has 1 heterocycles. The number of hydrogen-bond donors (Lipinski definition) is 0. The molecule has 0 radical (unpaired) electrons. The number of aromatic nitrogens is 3. The van der Waals surface area contributed by atoms with Crippen molar-refractivity contribution < 1.29 is 0 Å². The van der Waals surface area contributed by atoms with E-state index in [9.17, 15) is 0 Å². The van der Waals surface area contributed by atoms with Gasteiger partial charge in [0.1, 0.15) is 12.7 Å². The number of unbranched alkanes of at least 4 members (excludes halogenated alkanes) is 6. The predicted molar refractivity (Wildman–Crippen MR) is 66.1 cm³/mol. The molecule has 0 saturated carbocycles. The summed E-state index contributed by atoms with van der Waals surface area (Å²) < 4.78 is 1.91. The van der Waals surface area contributed by atoms with Crippen LogP contribution in [0, 0.1) is 0 Å². The average Bonchev–Trinajstić information content (AvgIpc) is 2.75. The first kappa shape index (κ1) is 12.7. The van der Waals surface area contributed by atoms with Crippen molar-refractivity contribution >= 4 is 15.9 Å². The molecule has 86 valence electrons. The maximum absolute atomic E-state index is 4.07. The number of rotatable bonds is 9. The van der Waals surface area contributed by atoms with E-state index in [1.807, 2.05) is 4.68 Å². The Morgan fingerprint density at radius 2 is 1.60 bits per heavy atom. The molecule has 0 aliphatic heterocycles. The van der Waals surface area contributed by atoms with E-state index >= 15 is 0 Å². The largest absolute Gasteiger partial charge is 0.253 e. The van der Waals surface area contributed by atoms with Gasteiger partial charge in [-0.1, -0.05) is 48.0 Å². The van der Waals surface area contributed by atoms with Crippen molar-refractivity contribution in [2.75, 3.05) is 5.33 Å². The van der Waals surface area contributed by atoms with Gasteiger partial charge in [-0.25, -0.2) is 4.98 Å². The molecule has 3 nitrogen and oxygen atoms in total. The lowest BCUT2D eigenvalue weighted by Crippen LogP contribution is -1.97. The van der Waals surface area contributed by atoms with Crippen LogP contribution in [0.2, 0.25) is 0 Å². The normalized spacial score (nSPS) is 10.7. The van der Waals surface area contributed by atoms with E-state index in [-0.39, 0.29) is 0 Å². The van der Waals surface area contributed by atoms with E-state index in [1.54, 1.807) is 12.7 Å². The van der Waals surface area contributed by atoms with Crippen LogP contribution in [0.3, 0.4) is 0 Å². The lowest BCUT2D eigenvalue weighted by Gasteiger charge is -2.01. The van der Waals surface area contributed by atoms with Gasteiger partial charge >= 0.3 is 0 Å². The molecule has 1 aromatic heterocycles. The molecule has 0 fully saturated rings. The van der Waals surface area contributed by atoms with Gasteiger partial charge in [-0.2, -0.15) is 5.10 Å². The minimum atomic E-state index is 1.02. The smallest absolute Gasteiger partial charge is 0.137 e. The molecule has 1 rings (SSSR count). The lowest BCUT2D eigenvalue weighted by molar-refractivity contribution is 0.523. The van der Waals surface area contributed by atoms with Gasteiger partial charge in [-0.3, -0.25) is 4.68 Å². The van der Waals surface area contributed by atoms with Crippen molar-refractivity contribution in [1.29, 1.82) is 0 Å². The van der Waals surface area contributed by atoms with Gasteiger partial charge in [-0.05, 0) is 12.8 Å². The Hall–Kier alpha value is -0.380. The second-order valence-electron chi connectivity index (χ2n) is 3.82. The van der Waals surface area contributed by atoms with Crippen LogP contribution in [0.25, 0.3) is 0 Å². The van der Waals surface area contributed by atoms with Crippen LogP contribution >= 0.6 is 15.9 Å². The van der Waals surface area contributed by atoms with Crippen molar-refractivity contribution in [3.8, 4) is 0 Å². The van der Waals surface area contributed by atoms with Gasteiger partial charge in [0.15, 0.2) is 0 Å². The number of alkyl halides is 1. The van der Waals surface area contributed by atoms with E-state index in [1.165, 1.54) is 44.9 Å². The molecule has 0 N–H and O–H groups in total. The van der Waals surface area contributed by atoms with Crippen LogP contribution in [0.4, 0.5) is 0 Å². The van der Waals surface area contributed by atoms with Crippen molar-refractivity contribution in [2.24, 2.45) is 0 Å². The summed E-state index contributed by atoms with van der Waals surface area (Å²) in [7, 11) is 0. The zero-order chi connectivity index (χ0) is 10.8. The summed E-state index contributed by atoms with van der Waals surface area (Å²) in [5, 5.41) is 5.23. The third-order valence-electron chi connectivity index (χ3n) is 2.49. The topological polar surface area (TPSA) is 30.7 Å². The summed E-state index contributed by atoms with van der Waals surface area (Å²) in [4.78, 5) is 3.92. The Morgan fingerprint density at radius 3 is 2.20 bits per heavy atom. The van der Waals surface area contributed by atoms with Crippen LogP contribution in [0.1, 0.15) is 44.9 Å². The number of aryl methyl sites for hydroxylation is 1. The lowest BCUT2D eigenvalue weighted by atomic mass is 10.1. The molecule has 0 aliphatic carbocycles. The third kappa shape index (κ3) is 6.66. The predicted octanol–water partition coefficient (Wildman–Crippen LogP) is 3.40. The first-order valence-corrected chi connectivity index (χ1v) is 6.94. The second-order valence-corrected chi connectivity index (χ2v) is 4.62. The summed E-state index contributed by atoms with van der Waals surface area (Å²) in [6, 6.07) is 0. The summed E-state index contributed by atoms with van der Waals surface area (Å²) in [6.45, 7) is 1.02. The van der Waals surface area contributed by atoms with Crippen molar-refractivity contribution in [2.45, 2.75) is 51.5 Å². The average molecular weight is 274 g/mol. The fourth-order valence-corrected chi connectivity index (χ4v) is 2.00. The molecule has 0 unspecified atom stereocenters. The van der Waals surface area contributed by atoms with Gasteiger partial charge in [0.25, 0.3) is 0 Å². The number of nitrogens with zero attached hydrogens (tertiary/aromatic N) is 3. The molecule has 1 aromatic rings. The van der Waals surface area contributed by atoms with Crippen molar-refractivity contribution in [3.63, 3.8) is 0 Å². The minimum Gasteiger partial charge on any atom is -0.253 e. The Balaban J connectivity index is 1.81. The van der Waals surface area contributed by atoms with Gasteiger partial charge in [0, 0.05) is 11.9 Å². The zero-order valence-electron chi connectivity index (χ0n) is 9.24. The Kier molecular flexibility index (Phi) is 7.52. The Labute approximate surface area is 100 Å². The highest BCUT2D eigenvalue weighted by molar-refractivity contribution is 9.09. The number of halogens is 1. The van der Waals surface area contributed by atoms with Crippen molar-refractivity contribution in [1.82, 2.24) is 14.8 Å². The molecule has 4 heteroatoms. The highest BCUT2D eigenvalue weighted by Gasteiger charge is 1.93. The van der Waals surface area contributed by atoms with E-state index in [4.69, 9.17) is 0 Å². The summed E-state index contributed by atoms with van der Waals surface area (Å²) in [5.41, 5.74) is 0. The molecule has 0 amide bonds. The molecule has 0 aliphatic rings. The van der Waals surface area contributed by atoms with Crippen LogP contribution in [0.15, 0.2) is 12.7 Å². The molecule has 0 spiro atoms. The van der Waals surface area contributed by atoms with Crippen molar-refractivity contribution in [3.05, 3.63) is 12.7 Å². The zero-order valence-corrected chi connectivity index (χ0v) is 10.8. The second kappa shape index (κ2) is 8.89. The molecule has 0 atom stereocenters. The monoisotopic (exact) mass is 273 g/mol. The number of hydrogen-bond acceptors (Lipinski definition) is 2. The van der Waals surface area contributed by atoms with Crippen LogP contribution in [-0.4, -0.2) is 20.1 Å². The summed E-state index contributed by atoms with van der Waals surface area (Å²) in [6.07, 6.45) is 12.7. The fraction of sp³-hybridized carbons (Fsp3) is 0.818. The molecular formula is C11H20BrN3. The van der Waals surface area contributed by atoms with E-state index in [0.29, 0.717) is 0 Å². The SMILES string of the molecule is BrCCCCCCCCCn1cncn1. The van der Waals surface area contributed by atoms with Crippen LogP contribution in [-0.2, 0) is 6.54 Å². The molecule has 0 bridgehead atoms. The first-order valence-electron chi connectivity index (χ1n) is 5.82. The molecule has 15 heavy (non-hydrogen) atoms. The summed E-state index contributed by atoms with van der Waals surface area (Å²) in [5.74, 6) is 0. The molecule has 0 saturated heterocycles. The maximum atomic E-state index is 4.07. The Bertz CT molecular complexity index is 224. The summed E-state index contributed by atoms with van der Waals surface area (Å²) >= 11 is 3.45. The maximum Gasteiger partial charge on any atom is 0.137 e. The van der Waals surface area contributed by atoms with E-state index in [0.717, 1.165) is 11.9 Å². The van der Waals surface area contributed by atoms with E-state index in [2.05, 4.69) is 26.0 Å². The highest BCUT2D eigenvalue weighted by Crippen LogP contribution is 2.08. The van der Waals surface area contributed by atoms with E-state index < -0.39 is 0 Å². The quantitative estimate of drug-likeness (QED) is 0.510. The third-order valence-corrected chi connectivity index (χ3v) is 3.05. The Morgan fingerprint density at radius 1 is 0.933 bits per heavy atom. The van der Waals surface area contributed by atoms with Crippen LogP contribution in [0.5, 0.6) is 0 Å². The van der Waals surface area contributed by atoms with Gasteiger partial charge in [-0.15, -0.1) is 0 Å². The van der Waals surface area contributed by atoms with Gasteiger partial charge in [0.05, 0.1) is 0 Å². The van der Waals surface area contributed by atoms with Gasteiger partial charge in [0.2, 0.25) is 0 Å². The molecule has 0 aromatic carbocycles. The molecular weight excluding hydrogens is 254 g/mol. The highest BCUT2D eigenvalue weighted by atomic mass is 79.9. The first-order chi connectivity index (χ1) is 7.43. The fourth-order valence-electron chi connectivity index (χ4n) is 1.60. The van der Waals surface area contributed by atoms with Crippen LogP contribution < -0.4 is 0 Å². The minimum absolute atomic E-state index is 1.02. The van der Waals surface area contributed by atoms with Gasteiger partial charge < -0.3 is 0 Å². The standard InChI is InChI=1S/C11H20BrN3/c12-8-6-4-2-1-3-5-7-9-15-11-13-10-14-15/h10-11H,1-9H2.